The monoisotopic (exact) mass is 274 g/mol. The number of alkyl halides is 1. The first kappa shape index (κ1) is 12.5. The molecule has 1 aromatic rings. The molecule has 1 unspecified atom stereocenters. The smallest absolute Gasteiger partial charge is 0.165 e. The van der Waals surface area contributed by atoms with Crippen molar-refractivity contribution in [3.8, 4) is 5.75 Å². The normalized spacial score (nSPS) is 12.5. The maximum Gasteiger partial charge on any atom is 0.165 e. The number of benzene rings is 1. The van der Waals surface area contributed by atoms with E-state index in [4.69, 9.17) is 4.74 Å². The fourth-order valence-corrected chi connectivity index (χ4v) is 1.61. The number of hydrogen-bond acceptors (Lipinski definition) is 1. The van der Waals surface area contributed by atoms with Crippen molar-refractivity contribution in [1.29, 1.82) is 0 Å². The van der Waals surface area contributed by atoms with Gasteiger partial charge in [0.15, 0.2) is 11.6 Å². The lowest BCUT2D eigenvalue weighted by molar-refractivity contribution is 0.244. The third-order valence-electron chi connectivity index (χ3n) is 2.40. The highest BCUT2D eigenvalue weighted by Gasteiger charge is 2.10. The van der Waals surface area contributed by atoms with Gasteiger partial charge in [0.2, 0.25) is 0 Å². The average Bonchev–Trinajstić information content (AvgIpc) is 2.26. The van der Waals surface area contributed by atoms with Gasteiger partial charge in [0.25, 0.3) is 0 Å². The Balaban J connectivity index is 2.74. The van der Waals surface area contributed by atoms with Crippen LogP contribution in [0.5, 0.6) is 5.75 Å². The topological polar surface area (TPSA) is 9.23 Å². The molecule has 3 heteroatoms. The van der Waals surface area contributed by atoms with E-state index in [0.717, 1.165) is 12.0 Å². The molecule has 15 heavy (non-hydrogen) atoms. The Kier molecular flexibility index (Phi) is 5.09. The van der Waals surface area contributed by atoms with Crippen LogP contribution < -0.4 is 4.74 Å². The van der Waals surface area contributed by atoms with Crippen molar-refractivity contribution < 1.29 is 9.13 Å². The SMILES string of the molecule is CCC(C)COc1c(F)cccc1CBr. The molecule has 0 heterocycles. The van der Waals surface area contributed by atoms with Crippen LogP contribution in [0.2, 0.25) is 0 Å². The van der Waals surface area contributed by atoms with Crippen LogP contribution in [0, 0.1) is 11.7 Å². The molecule has 0 spiro atoms. The second-order valence-electron chi connectivity index (χ2n) is 3.69. The zero-order valence-corrected chi connectivity index (χ0v) is 10.7. The Morgan fingerprint density at radius 2 is 2.20 bits per heavy atom. The Labute approximate surface area is 98.8 Å². The van der Waals surface area contributed by atoms with Crippen LogP contribution in [0.15, 0.2) is 18.2 Å². The minimum absolute atomic E-state index is 0.282. The minimum Gasteiger partial charge on any atom is -0.490 e. The van der Waals surface area contributed by atoms with Crippen molar-refractivity contribution in [2.75, 3.05) is 6.61 Å². The van der Waals surface area contributed by atoms with Crippen molar-refractivity contribution >= 4 is 15.9 Å². The van der Waals surface area contributed by atoms with E-state index in [2.05, 4.69) is 29.8 Å². The van der Waals surface area contributed by atoms with E-state index >= 15 is 0 Å². The second kappa shape index (κ2) is 6.11. The first-order chi connectivity index (χ1) is 7.19. The van der Waals surface area contributed by atoms with Crippen molar-refractivity contribution in [3.63, 3.8) is 0 Å². The average molecular weight is 275 g/mol. The van der Waals surface area contributed by atoms with E-state index in [0.29, 0.717) is 23.6 Å². The van der Waals surface area contributed by atoms with Crippen LogP contribution in [0.1, 0.15) is 25.8 Å². The van der Waals surface area contributed by atoms with E-state index in [-0.39, 0.29) is 5.82 Å². The molecule has 0 aromatic heterocycles. The van der Waals surface area contributed by atoms with Gasteiger partial charge in [-0.3, -0.25) is 0 Å². The zero-order chi connectivity index (χ0) is 11.3. The third-order valence-corrected chi connectivity index (χ3v) is 3.01. The minimum atomic E-state index is -0.282. The van der Waals surface area contributed by atoms with Gasteiger partial charge in [-0.15, -0.1) is 0 Å². The van der Waals surface area contributed by atoms with E-state index < -0.39 is 0 Å². The quantitative estimate of drug-likeness (QED) is 0.734. The van der Waals surface area contributed by atoms with Crippen LogP contribution in [-0.4, -0.2) is 6.61 Å². The maximum absolute atomic E-state index is 13.4. The third kappa shape index (κ3) is 3.49. The molecule has 0 radical (unpaired) electrons. The van der Waals surface area contributed by atoms with Crippen LogP contribution in [-0.2, 0) is 5.33 Å². The molecular formula is C12H16BrFO. The van der Waals surface area contributed by atoms with Gasteiger partial charge in [0, 0.05) is 10.9 Å². The Hall–Kier alpha value is -0.570. The van der Waals surface area contributed by atoms with E-state index in [9.17, 15) is 4.39 Å². The van der Waals surface area contributed by atoms with Crippen molar-refractivity contribution in [1.82, 2.24) is 0 Å². The summed E-state index contributed by atoms with van der Waals surface area (Å²) < 4.78 is 19.0. The van der Waals surface area contributed by atoms with Gasteiger partial charge < -0.3 is 4.74 Å². The molecule has 1 aromatic carbocycles. The summed E-state index contributed by atoms with van der Waals surface area (Å²) in [5.41, 5.74) is 0.860. The standard InChI is InChI=1S/C12H16BrFO/c1-3-9(2)8-15-12-10(7-13)5-4-6-11(12)14/h4-6,9H,3,7-8H2,1-2H3. The van der Waals surface area contributed by atoms with E-state index in [1.165, 1.54) is 6.07 Å². The van der Waals surface area contributed by atoms with Crippen molar-refractivity contribution in [2.45, 2.75) is 25.6 Å². The number of hydrogen-bond donors (Lipinski definition) is 0. The van der Waals surface area contributed by atoms with E-state index in [1.54, 1.807) is 6.07 Å². The maximum atomic E-state index is 13.4. The van der Waals surface area contributed by atoms with Crippen molar-refractivity contribution in [3.05, 3.63) is 29.6 Å². The molecule has 1 rings (SSSR count). The van der Waals surface area contributed by atoms with E-state index in [1.807, 2.05) is 6.07 Å². The highest BCUT2D eigenvalue weighted by atomic mass is 79.9. The van der Waals surface area contributed by atoms with Gasteiger partial charge in [-0.2, -0.15) is 0 Å². The molecule has 1 nitrogen and oxygen atoms in total. The first-order valence-corrected chi connectivity index (χ1v) is 6.27. The summed E-state index contributed by atoms with van der Waals surface area (Å²) in [6, 6.07) is 4.99. The van der Waals surface area contributed by atoms with Gasteiger partial charge in [-0.25, -0.2) is 4.39 Å². The molecule has 0 saturated carbocycles. The molecule has 0 N–H and O–H groups in total. The summed E-state index contributed by atoms with van der Waals surface area (Å²) in [6.45, 7) is 4.76. The Morgan fingerprint density at radius 1 is 1.47 bits per heavy atom. The van der Waals surface area contributed by atoms with Crippen LogP contribution in [0.25, 0.3) is 0 Å². The van der Waals surface area contributed by atoms with Crippen LogP contribution in [0.4, 0.5) is 4.39 Å². The lowest BCUT2D eigenvalue weighted by atomic mass is 10.1. The highest BCUT2D eigenvalue weighted by molar-refractivity contribution is 9.08. The highest BCUT2D eigenvalue weighted by Crippen LogP contribution is 2.25. The number of rotatable bonds is 5. The molecule has 84 valence electrons. The predicted octanol–water partition coefficient (Wildman–Crippen LogP) is 4.15. The summed E-state index contributed by atoms with van der Waals surface area (Å²) in [6.07, 6.45) is 1.04. The Morgan fingerprint density at radius 3 is 2.80 bits per heavy atom. The Bertz CT molecular complexity index is 314. The van der Waals surface area contributed by atoms with Gasteiger partial charge in [0.1, 0.15) is 0 Å². The van der Waals surface area contributed by atoms with Gasteiger partial charge in [-0.1, -0.05) is 48.3 Å². The molecule has 0 aliphatic rings. The van der Waals surface area contributed by atoms with Crippen LogP contribution >= 0.6 is 15.9 Å². The number of ether oxygens (including phenoxy) is 1. The lowest BCUT2D eigenvalue weighted by Gasteiger charge is -2.14. The molecule has 1 atom stereocenters. The summed E-state index contributed by atoms with van der Waals surface area (Å²) in [7, 11) is 0. The largest absolute Gasteiger partial charge is 0.490 e. The summed E-state index contributed by atoms with van der Waals surface area (Å²) in [5.74, 6) is 0.553. The van der Waals surface area contributed by atoms with Crippen LogP contribution in [0.3, 0.4) is 0 Å². The predicted molar refractivity (Wildman–Crippen MR) is 64.0 cm³/mol. The molecule has 0 amide bonds. The fraction of sp³-hybridized carbons (Fsp3) is 0.500. The molecule has 0 fully saturated rings. The molecular weight excluding hydrogens is 259 g/mol. The van der Waals surface area contributed by atoms with Gasteiger partial charge >= 0.3 is 0 Å². The summed E-state index contributed by atoms with van der Waals surface area (Å²) in [4.78, 5) is 0. The summed E-state index contributed by atoms with van der Waals surface area (Å²) >= 11 is 3.32. The molecule has 0 aliphatic carbocycles. The lowest BCUT2D eigenvalue weighted by Crippen LogP contribution is -2.09. The fourth-order valence-electron chi connectivity index (χ4n) is 1.16. The molecule has 0 bridgehead atoms. The second-order valence-corrected chi connectivity index (χ2v) is 4.25. The number of halogens is 2. The van der Waals surface area contributed by atoms with Crippen molar-refractivity contribution in [2.24, 2.45) is 5.92 Å². The molecule has 0 aliphatic heterocycles. The zero-order valence-electron chi connectivity index (χ0n) is 9.09. The summed E-state index contributed by atoms with van der Waals surface area (Å²) in [5, 5.41) is 0.612. The first-order valence-electron chi connectivity index (χ1n) is 5.15. The van der Waals surface area contributed by atoms with Gasteiger partial charge in [-0.05, 0) is 12.0 Å². The molecule has 0 saturated heterocycles. The van der Waals surface area contributed by atoms with Gasteiger partial charge in [0.05, 0.1) is 6.61 Å². The number of para-hydroxylation sites is 1.